The summed E-state index contributed by atoms with van der Waals surface area (Å²) in [6.45, 7) is 1.23. The van der Waals surface area contributed by atoms with Gasteiger partial charge in [-0.15, -0.1) is 0 Å². The third-order valence-electron chi connectivity index (χ3n) is 2.71. The number of rotatable bonds is 4. The van der Waals surface area contributed by atoms with Gasteiger partial charge in [0.05, 0.1) is 5.56 Å². The number of halogens is 3. The first-order valence-electron chi connectivity index (χ1n) is 5.85. The molecule has 0 amide bonds. The monoisotopic (exact) mass is 300 g/mol. The number of hydrogen-bond donors (Lipinski definition) is 1. The van der Waals surface area contributed by atoms with Gasteiger partial charge in [-0.1, -0.05) is 6.07 Å². The van der Waals surface area contributed by atoms with Crippen molar-refractivity contribution in [2.75, 3.05) is 0 Å². The van der Waals surface area contributed by atoms with Crippen LogP contribution < -0.4 is 4.74 Å². The number of ether oxygens (including phenoxy) is 1. The van der Waals surface area contributed by atoms with Gasteiger partial charge in [0.1, 0.15) is 5.75 Å². The topological polar surface area (TPSA) is 64.4 Å². The molecule has 0 radical (unpaired) electrons. The first-order chi connectivity index (χ1) is 9.77. The van der Waals surface area contributed by atoms with Crippen molar-refractivity contribution in [1.29, 1.82) is 0 Å². The van der Waals surface area contributed by atoms with Gasteiger partial charge in [-0.3, -0.25) is 0 Å². The smallest absolute Gasteiger partial charge is 0.435 e. The summed E-state index contributed by atoms with van der Waals surface area (Å²) in [5.41, 5.74) is -0.680. The molecule has 112 valence electrons. The van der Waals surface area contributed by atoms with Crippen molar-refractivity contribution in [3.8, 4) is 5.75 Å². The van der Waals surface area contributed by atoms with E-state index in [-0.39, 0.29) is 23.7 Å². The van der Waals surface area contributed by atoms with Crippen LogP contribution in [0, 0.1) is 6.92 Å². The standard InChI is InChI=1S/C13H11F3N2O3/c1-8-5-11(13(14,15)16)17-18(8)7-21-10-4-2-3-9(6-10)12(19)20/h2-6H,7H2,1H3,(H,19,20). The molecule has 0 spiro atoms. The van der Waals surface area contributed by atoms with E-state index >= 15 is 0 Å². The lowest BCUT2D eigenvalue weighted by Crippen LogP contribution is -2.11. The van der Waals surface area contributed by atoms with E-state index < -0.39 is 17.8 Å². The van der Waals surface area contributed by atoms with E-state index in [4.69, 9.17) is 9.84 Å². The van der Waals surface area contributed by atoms with Crippen LogP contribution in [0.4, 0.5) is 13.2 Å². The summed E-state index contributed by atoms with van der Waals surface area (Å²) in [6.07, 6.45) is -4.51. The van der Waals surface area contributed by atoms with Gasteiger partial charge >= 0.3 is 12.1 Å². The molecule has 0 aliphatic rings. The van der Waals surface area contributed by atoms with Crippen LogP contribution in [0.1, 0.15) is 21.7 Å². The zero-order chi connectivity index (χ0) is 15.6. The second-order valence-corrected chi connectivity index (χ2v) is 4.27. The Morgan fingerprint density at radius 3 is 2.67 bits per heavy atom. The van der Waals surface area contributed by atoms with Crippen molar-refractivity contribution in [2.24, 2.45) is 0 Å². The molecule has 1 N–H and O–H groups in total. The summed E-state index contributed by atoms with van der Waals surface area (Å²) in [6, 6.07) is 6.57. The van der Waals surface area contributed by atoms with E-state index in [9.17, 15) is 18.0 Å². The SMILES string of the molecule is Cc1cc(C(F)(F)F)nn1COc1cccc(C(=O)O)c1. The number of aryl methyl sites for hydroxylation is 1. The Labute approximate surface area is 117 Å². The van der Waals surface area contributed by atoms with Crippen LogP contribution >= 0.6 is 0 Å². The van der Waals surface area contributed by atoms with Gasteiger partial charge in [0.2, 0.25) is 0 Å². The molecule has 0 atom stereocenters. The van der Waals surface area contributed by atoms with Crippen molar-refractivity contribution in [2.45, 2.75) is 19.8 Å². The molecular weight excluding hydrogens is 289 g/mol. The maximum atomic E-state index is 12.5. The summed E-state index contributed by atoms with van der Waals surface area (Å²) in [4.78, 5) is 10.8. The van der Waals surface area contributed by atoms with E-state index in [0.29, 0.717) is 0 Å². The van der Waals surface area contributed by atoms with Crippen molar-refractivity contribution >= 4 is 5.97 Å². The van der Waals surface area contributed by atoms with E-state index in [1.165, 1.54) is 31.2 Å². The number of aromatic carboxylic acids is 1. The van der Waals surface area contributed by atoms with Crippen LogP contribution in [0.15, 0.2) is 30.3 Å². The van der Waals surface area contributed by atoms with Gasteiger partial charge in [0.15, 0.2) is 12.4 Å². The van der Waals surface area contributed by atoms with E-state index in [0.717, 1.165) is 10.7 Å². The van der Waals surface area contributed by atoms with E-state index in [2.05, 4.69) is 5.10 Å². The quantitative estimate of drug-likeness (QED) is 0.943. The lowest BCUT2D eigenvalue weighted by atomic mass is 10.2. The van der Waals surface area contributed by atoms with Gasteiger partial charge in [0.25, 0.3) is 0 Å². The van der Waals surface area contributed by atoms with Crippen LogP contribution in [-0.4, -0.2) is 20.9 Å². The summed E-state index contributed by atoms with van der Waals surface area (Å²) in [7, 11) is 0. The Kier molecular flexibility index (Phi) is 3.88. The van der Waals surface area contributed by atoms with Gasteiger partial charge in [-0.2, -0.15) is 18.3 Å². The fourth-order valence-electron chi connectivity index (χ4n) is 1.63. The molecule has 1 aromatic carbocycles. The molecule has 21 heavy (non-hydrogen) atoms. The predicted octanol–water partition coefficient (Wildman–Crippen LogP) is 2.95. The summed E-state index contributed by atoms with van der Waals surface area (Å²) in [5, 5.41) is 12.2. The summed E-state index contributed by atoms with van der Waals surface area (Å²) < 4.78 is 43.8. The molecule has 0 fully saturated rings. The molecule has 1 aromatic heterocycles. The predicted molar refractivity (Wildman–Crippen MR) is 66.0 cm³/mol. The van der Waals surface area contributed by atoms with E-state index in [1.54, 1.807) is 0 Å². The number of carbonyl (C=O) groups is 1. The number of carboxylic acids is 1. The largest absolute Gasteiger partial charge is 0.478 e. The molecule has 0 saturated heterocycles. The van der Waals surface area contributed by atoms with Gasteiger partial charge in [0, 0.05) is 5.69 Å². The minimum Gasteiger partial charge on any atom is -0.478 e. The molecule has 0 saturated carbocycles. The lowest BCUT2D eigenvalue weighted by molar-refractivity contribution is -0.141. The van der Waals surface area contributed by atoms with Crippen LogP contribution in [-0.2, 0) is 12.9 Å². The maximum Gasteiger partial charge on any atom is 0.435 e. The Hall–Kier alpha value is -2.51. The highest BCUT2D eigenvalue weighted by Crippen LogP contribution is 2.28. The van der Waals surface area contributed by atoms with Crippen LogP contribution in [0.2, 0.25) is 0 Å². The third-order valence-corrected chi connectivity index (χ3v) is 2.71. The molecule has 2 aromatic rings. The maximum absolute atomic E-state index is 12.5. The van der Waals surface area contributed by atoms with Gasteiger partial charge in [-0.25, -0.2) is 9.48 Å². The van der Waals surface area contributed by atoms with Crippen LogP contribution in [0.25, 0.3) is 0 Å². The molecular formula is C13H11F3N2O3. The summed E-state index contributed by atoms with van der Waals surface area (Å²) in [5.74, 6) is -0.881. The number of hydrogen-bond acceptors (Lipinski definition) is 3. The highest BCUT2D eigenvalue weighted by Gasteiger charge is 2.34. The van der Waals surface area contributed by atoms with Crippen LogP contribution in [0.5, 0.6) is 5.75 Å². The second-order valence-electron chi connectivity index (χ2n) is 4.27. The Bertz CT molecular complexity index is 665. The van der Waals surface area contributed by atoms with Crippen molar-refractivity contribution in [3.63, 3.8) is 0 Å². The summed E-state index contributed by atoms with van der Waals surface area (Å²) >= 11 is 0. The second kappa shape index (κ2) is 5.47. The Morgan fingerprint density at radius 2 is 2.10 bits per heavy atom. The number of nitrogens with zero attached hydrogens (tertiary/aromatic N) is 2. The highest BCUT2D eigenvalue weighted by atomic mass is 19.4. The number of alkyl halides is 3. The molecule has 0 bridgehead atoms. The fraction of sp³-hybridized carbons (Fsp3) is 0.231. The molecule has 1 heterocycles. The van der Waals surface area contributed by atoms with Crippen LogP contribution in [0.3, 0.4) is 0 Å². The zero-order valence-electron chi connectivity index (χ0n) is 10.9. The Morgan fingerprint density at radius 1 is 1.38 bits per heavy atom. The van der Waals surface area contributed by atoms with Crippen molar-refractivity contribution < 1.29 is 27.8 Å². The number of benzene rings is 1. The van der Waals surface area contributed by atoms with Gasteiger partial charge < -0.3 is 9.84 Å². The molecule has 5 nitrogen and oxygen atoms in total. The first-order valence-corrected chi connectivity index (χ1v) is 5.85. The number of carboxylic acid groups (broad SMARTS) is 1. The molecule has 0 unspecified atom stereocenters. The average molecular weight is 300 g/mol. The normalized spacial score (nSPS) is 11.4. The number of aromatic nitrogens is 2. The lowest BCUT2D eigenvalue weighted by Gasteiger charge is -2.08. The highest BCUT2D eigenvalue weighted by molar-refractivity contribution is 5.87. The molecule has 0 aliphatic carbocycles. The first kappa shape index (κ1) is 14.9. The zero-order valence-corrected chi connectivity index (χ0v) is 10.9. The minimum atomic E-state index is -4.51. The van der Waals surface area contributed by atoms with Gasteiger partial charge in [-0.05, 0) is 31.2 Å². The van der Waals surface area contributed by atoms with Crippen molar-refractivity contribution in [3.05, 3.63) is 47.3 Å². The van der Waals surface area contributed by atoms with Crippen molar-refractivity contribution in [1.82, 2.24) is 9.78 Å². The van der Waals surface area contributed by atoms with E-state index in [1.807, 2.05) is 0 Å². The average Bonchev–Trinajstić information content (AvgIpc) is 2.78. The minimum absolute atomic E-state index is 0.0284. The molecule has 0 aliphatic heterocycles. The molecule has 8 heteroatoms. The Balaban J connectivity index is 2.12. The fourth-order valence-corrected chi connectivity index (χ4v) is 1.63. The molecule has 2 rings (SSSR count). The third kappa shape index (κ3) is 3.53.